The van der Waals surface area contributed by atoms with E-state index in [0.29, 0.717) is 6.54 Å². The number of hydrogen-bond donors (Lipinski definition) is 0. The molecule has 1 aliphatic carbocycles. The molecule has 1 heterocycles. The molecule has 2 atom stereocenters. The lowest BCUT2D eigenvalue weighted by atomic mass is 9.73. The van der Waals surface area contributed by atoms with E-state index >= 15 is 0 Å². The van der Waals surface area contributed by atoms with Crippen LogP contribution in [0.25, 0.3) is 0 Å². The summed E-state index contributed by atoms with van der Waals surface area (Å²) in [6.07, 6.45) is 2.70. The third kappa shape index (κ3) is 2.14. The van der Waals surface area contributed by atoms with Crippen molar-refractivity contribution in [2.45, 2.75) is 37.6 Å². The lowest BCUT2D eigenvalue weighted by Gasteiger charge is -2.30. The molecule has 1 spiro atoms. The van der Waals surface area contributed by atoms with Crippen molar-refractivity contribution in [2.75, 3.05) is 6.54 Å². The normalized spacial score (nSPS) is 26.3. The van der Waals surface area contributed by atoms with Crippen LogP contribution in [-0.2, 0) is 6.42 Å². The molecule has 3 nitrogen and oxygen atoms in total. The fourth-order valence-corrected chi connectivity index (χ4v) is 4.09. The van der Waals surface area contributed by atoms with Crippen molar-refractivity contribution < 1.29 is 4.79 Å². The zero-order valence-electron chi connectivity index (χ0n) is 13.3. The fourth-order valence-electron chi connectivity index (χ4n) is 4.09. The predicted octanol–water partition coefficient (Wildman–Crippen LogP) is 4.50. The van der Waals surface area contributed by atoms with Gasteiger partial charge >= 0.3 is 0 Å². The molecule has 0 saturated carbocycles. The second kappa shape index (κ2) is 5.41. The Kier molecular flexibility index (Phi) is 3.37. The molecule has 116 valence electrons. The van der Waals surface area contributed by atoms with E-state index in [4.69, 9.17) is 0 Å². The van der Waals surface area contributed by atoms with Gasteiger partial charge in [0, 0.05) is 11.5 Å². The van der Waals surface area contributed by atoms with Gasteiger partial charge in [-0.1, -0.05) is 48.5 Å². The van der Waals surface area contributed by atoms with Crippen LogP contribution >= 0.6 is 0 Å². The Hall–Kier alpha value is -2.29. The van der Waals surface area contributed by atoms with Crippen LogP contribution in [0.3, 0.4) is 0 Å². The third-order valence-electron chi connectivity index (χ3n) is 5.31. The van der Waals surface area contributed by atoms with Crippen LogP contribution in [0.4, 0.5) is 0 Å². The van der Waals surface area contributed by atoms with Crippen molar-refractivity contribution in [1.29, 1.82) is 0 Å². The third-order valence-corrected chi connectivity index (χ3v) is 5.31. The van der Waals surface area contributed by atoms with Crippen LogP contribution in [0.15, 0.2) is 58.8 Å². The highest BCUT2D eigenvalue weighted by Gasteiger charge is 2.51. The highest BCUT2D eigenvalue weighted by atomic mass is 16.1. The monoisotopic (exact) mass is 304 g/mol. The number of carbonyl (C=O) groups is 1. The Bertz CT molecular complexity index is 796. The number of hydrogen-bond acceptors (Lipinski definition) is 3. The molecule has 2 aromatic rings. The highest BCUT2D eigenvalue weighted by Crippen LogP contribution is 2.45. The van der Waals surface area contributed by atoms with Gasteiger partial charge in [-0.15, -0.1) is 0 Å². The molecule has 0 fully saturated rings. The predicted molar refractivity (Wildman–Crippen MR) is 90.1 cm³/mol. The van der Waals surface area contributed by atoms with E-state index in [1.807, 2.05) is 30.3 Å². The Morgan fingerprint density at radius 3 is 2.74 bits per heavy atom. The molecule has 0 saturated heterocycles. The maximum absolute atomic E-state index is 13.4. The number of rotatable bonds is 1. The van der Waals surface area contributed by atoms with E-state index in [2.05, 4.69) is 35.4 Å². The van der Waals surface area contributed by atoms with Crippen molar-refractivity contribution in [2.24, 2.45) is 10.2 Å². The summed E-state index contributed by atoms with van der Waals surface area (Å²) in [5, 5.41) is 8.87. The number of aryl methyl sites for hydroxylation is 2. The van der Waals surface area contributed by atoms with Crippen LogP contribution in [0.2, 0.25) is 0 Å². The van der Waals surface area contributed by atoms with Crippen molar-refractivity contribution in [1.82, 2.24) is 0 Å². The maximum atomic E-state index is 13.4. The molecule has 0 N–H and O–H groups in total. The minimum atomic E-state index is -0.710. The summed E-state index contributed by atoms with van der Waals surface area (Å²) in [4.78, 5) is 13.4. The summed E-state index contributed by atoms with van der Waals surface area (Å²) in [5.41, 5.74) is 3.71. The number of fused-ring (bicyclic) bond motifs is 1. The molecule has 23 heavy (non-hydrogen) atoms. The molecule has 2 aliphatic rings. The number of benzene rings is 2. The zero-order chi connectivity index (χ0) is 15.9. The number of nitrogens with zero attached hydrogens (tertiary/aromatic N) is 2. The maximum Gasteiger partial charge on any atom is 0.193 e. The van der Waals surface area contributed by atoms with E-state index < -0.39 is 5.54 Å². The Morgan fingerprint density at radius 2 is 1.87 bits per heavy atom. The number of carbonyl (C=O) groups excluding carboxylic acids is 1. The summed E-state index contributed by atoms with van der Waals surface area (Å²) < 4.78 is 0. The zero-order valence-corrected chi connectivity index (χ0v) is 13.3. The lowest BCUT2D eigenvalue weighted by Crippen LogP contribution is -2.41. The number of Topliss-reactive ketones (excluding diaryl/α,β-unsaturated/α-hetero) is 1. The van der Waals surface area contributed by atoms with E-state index in [-0.39, 0.29) is 11.7 Å². The van der Waals surface area contributed by atoms with Crippen LogP contribution in [0.5, 0.6) is 0 Å². The molecule has 0 bridgehead atoms. The van der Waals surface area contributed by atoms with Gasteiger partial charge in [-0.3, -0.25) is 4.79 Å². The Morgan fingerprint density at radius 1 is 1.09 bits per heavy atom. The molecule has 0 radical (unpaired) electrons. The van der Waals surface area contributed by atoms with Gasteiger partial charge in [0.15, 0.2) is 11.3 Å². The van der Waals surface area contributed by atoms with E-state index in [1.165, 1.54) is 11.1 Å². The number of azo groups is 1. The summed E-state index contributed by atoms with van der Waals surface area (Å²) in [5.74, 6) is 0.211. The van der Waals surface area contributed by atoms with Crippen LogP contribution in [0, 0.1) is 6.92 Å². The smallest absolute Gasteiger partial charge is 0.193 e. The largest absolute Gasteiger partial charge is 0.291 e. The first-order chi connectivity index (χ1) is 11.2. The quantitative estimate of drug-likeness (QED) is 0.764. The van der Waals surface area contributed by atoms with Gasteiger partial charge in [-0.2, -0.15) is 10.2 Å². The van der Waals surface area contributed by atoms with Crippen molar-refractivity contribution >= 4 is 5.78 Å². The Balaban J connectivity index is 1.84. The summed E-state index contributed by atoms with van der Waals surface area (Å²) >= 11 is 0. The van der Waals surface area contributed by atoms with Gasteiger partial charge in [0.2, 0.25) is 0 Å². The van der Waals surface area contributed by atoms with Gasteiger partial charge in [0.05, 0.1) is 6.54 Å². The molecule has 4 rings (SSSR count). The summed E-state index contributed by atoms with van der Waals surface area (Å²) in [6.45, 7) is 2.72. The standard InChI is InChI=1S/C20H20N2O/c1-14-7-2-4-10-16(14)18-13-21-22-20(18)12-6-9-15-8-3-5-11-17(15)19(20)23/h2-5,7-8,10-11,18H,6,9,12-13H2,1H3/t18-,20+/m0/s1. The van der Waals surface area contributed by atoms with E-state index in [9.17, 15) is 4.79 Å². The molecular formula is C20H20N2O. The second-order valence-electron chi connectivity index (χ2n) is 6.60. The van der Waals surface area contributed by atoms with Gasteiger partial charge < -0.3 is 0 Å². The summed E-state index contributed by atoms with van der Waals surface area (Å²) in [7, 11) is 0. The Labute approximate surface area is 136 Å². The highest BCUT2D eigenvalue weighted by molar-refractivity contribution is 6.05. The SMILES string of the molecule is Cc1ccccc1[C@@H]1CN=N[C@]12CCCc1ccccc1C2=O. The van der Waals surface area contributed by atoms with Crippen molar-refractivity contribution in [3.8, 4) is 0 Å². The first kappa shape index (κ1) is 14.3. The average Bonchev–Trinajstić information content (AvgIpc) is 2.93. The van der Waals surface area contributed by atoms with Crippen LogP contribution in [0.1, 0.15) is 45.8 Å². The molecular weight excluding hydrogens is 284 g/mol. The lowest BCUT2D eigenvalue weighted by molar-refractivity contribution is 0.0870. The van der Waals surface area contributed by atoms with Gasteiger partial charge in [0.25, 0.3) is 0 Å². The number of ketones is 1. The molecule has 0 aromatic heterocycles. The molecule has 1 aliphatic heterocycles. The van der Waals surface area contributed by atoms with Crippen molar-refractivity contribution in [3.63, 3.8) is 0 Å². The topological polar surface area (TPSA) is 41.8 Å². The minimum absolute atomic E-state index is 0.0577. The molecule has 0 amide bonds. The fraction of sp³-hybridized carbons (Fsp3) is 0.350. The molecule has 0 unspecified atom stereocenters. The van der Waals surface area contributed by atoms with Crippen LogP contribution in [-0.4, -0.2) is 17.9 Å². The second-order valence-corrected chi connectivity index (χ2v) is 6.60. The van der Waals surface area contributed by atoms with E-state index in [0.717, 1.165) is 30.4 Å². The average molecular weight is 304 g/mol. The van der Waals surface area contributed by atoms with Gasteiger partial charge in [0.1, 0.15) is 0 Å². The molecule has 3 heteroatoms. The van der Waals surface area contributed by atoms with Gasteiger partial charge in [-0.05, 0) is 42.9 Å². The summed E-state index contributed by atoms with van der Waals surface area (Å²) in [6, 6.07) is 16.3. The first-order valence-electron chi connectivity index (χ1n) is 8.29. The molecule has 2 aromatic carbocycles. The van der Waals surface area contributed by atoms with Gasteiger partial charge in [-0.25, -0.2) is 0 Å². The first-order valence-corrected chi connectivity index (χ1v) is 8.29. The minimum Gasteiger partial charge on any atom is -0.291 e. The van der Waals surface area contributed by atoms with E-state index in [1.54, 1.807) is 0 Å². The van der Waals surface area contributed by atoms with Crippen LogP contribution < -0.4 is 0 Å². The van der Waals surface area contributed by atoms with Crippen molar-refractivity contribution in [3.05, 3.63) is 70.8 Å².